The number of benzene rings is 1. The van der Waals surface area contributed by atoms with Gasteiger partial charge in [0.25, 0.3) is 0 Å². The van der Waals surface area contributed by atoms with Crippen LogP contribution in [-0.2, 0) is 4.74 Å². The molecule has 1 N–H and O–H groups in total. The van der Waals surface area contributed by atoms with Crippen LogP contribution < -0.4 is 0 Å². The molecule has 21 heavy (non-hydrogen) atoms. The summed E-state index contributed by atoms with van der Waals surface area (Å²) in [5.41, 5.74) is 1.33. The number of hydrogen-bond donors (Lipinski definition) is 1. The van der Waals surface area contributed by atoms with Gasteiger partial charge in [-0.25, -0.2) is 0 Å². The topological polar surface area (TPSA) is 29.5 Å². The molecule has 2 bridgehead atoms. The van der Waals surface area contributed by atoms with E-state index in [1.165, 1.54) is 18.4 Å². The van der Waals surface area contributed by atoms with E-state index in [0.29, 0.717) is 11.8 Å². The average Bonchev–Trinajstić information content (AvgIpc) is 2.94. The normalized spacial score (nSPS) is 43.8. The van der Waals surface area contributed by atoms with E-state index in [9.17, 15) is 5.11 Å². The Morgan fingerprint density at radius 1 is 1.24 bits per heavy atom. The van der Waals surface area contributed by atoms with Gasteiger partial charge in [-0.15, -0.1) is 0 Å². The molecule has 1 aromatic rings. The highest BCUT2D eigenvalue weighted by molar-refractivity contribution is 6.30. The second kappa shape index (κ2) is 4.47. The lowest BCUT2D eigenvalue weighted by Crippen LogP contribution is -2.51. The molecule has 1 unspecified atom stereocenters. The van der Waals surface area contributed by atoms with Crippen molar-refractivity contribution in [2.75, 3.05) is 6.61 Å². The molecule has 1 aromatic carbocycles. The van der Waals surface area contributed by atoms with Crippen molar-refractivity contribution in [3.63, 3.8) is 0 Å². The fourth-order valence-electron chi connectivity index (χ4n) is 5.40. The van der Waals surface area contributed by atoms with Gasteiger partial charge in [-0.2, -0.15) is 0 Å². The van der Waals surface area contributed by atoms with Crippen LogP contribution in [0.3, 0.4) is 0 Å². The quantitative estimate of drug-likeness (QED) is 0.842. The predicted octanol–water partition coefficient (Wildman–Crippen LogP) is 4.21. The third kappa shape index (κ3) is 1.79. The molecule has 3 aliphatic rings. The highest BCUT2D eigenvalue weighted by Crippen LogP contribution is 2.70. The maximum Gasteiger partial charge on any atom is 0.0859 e. The van der Waals surface area contributed by atoms with Crippen molar-refractivity contribution in [2.24, 2.45) is 22.7 Å². The summed E-state index contributed by atoms with van der Waals surface area (Å²) in [7, 11) is 0. The molecule has 4 rings (SSSR count). The molecule has 2 nitrogen and oxygen atoms in total. The molecule has 2 saturated carbocycles. The zero-order valence-corrected chi connectivity index (χ0v) is 13.4. The minimum Gasteiger partial charge on any atom is -0.392 e. The summed E-state index contributed by atoms with van der Waals surface area (Å²) < 4.78 is 6.13. The van der Waals surface area contributed by atoms with Crippen molar-refractivity contribution >= 4 is 11.6 Å². The molecule has 1 heterocycles. The van der Waals surface area contributed by atoms with Gasteiger partial charge in [0, 0.05) is 17.0 Å². The first-order valence-corrected chi connectivity index (χ1v) is 8.38. The molecular weight excluding hydrogens is 284 g/mol. The standard InChI is InChI=1S/C18H23ClO2/c1-17(2)12-9-14-15(11-3-5-13(19)6-4-11)21-8-7-18(14,10-12)16(17)20/h3-6,12,14-16,20H,7-10H2,1-2H3/t12-,14-,15-,16+,18?/m1/s1. The Morgan fingerprint density at radius 2 is 1.95 bits per heavy atom. The Balaban J connectivity index is 1.70. The molecule has 1 aliphatic heterocycles. The van der Waals surface area contributed by atoms with E-state index < -0.39 is 0 Å². The lowest BCUT2D eigenvalue weighted by atomic mass is 9.60. The van der Waals surface area contributed by atoms with Gasteiger partial charge >= 0.3 is 0 Å². The van der Waals surface area contributed by atoms with E-state index in [2.05, 4.69) is 26.0 Å². The van der Waals surface area contributed by atoms with E-state index >= 15 is 0 Å². The van der Waals surface area contributed by atoms with Crippen LogP contribution in [0.5, 0.6) is 0 Å². The summed E-state index contributed by atoms with van der Waals surface area (Å²) in [6.45, 7) is 5.23. The second-order valence-corrected chi connectivity index (χ2v) is 8.23. The van der Waals surface area contributed by atoms with E-state index in [1.54, 1.807) is 0 Å². The number of hydrogen-bond acceptors (Lipinski definition) is 2. The number of ether oxygens (including phenoxy) is 1. The van der Waals surface area contributed by atoms with Crippen LogP contribution in [0, 0.1) is 22.7 Å². The van der Waals surface area contributed by atoms with Crippen LogP contribution in [0.2, 0.25) is 5.02 Å². The van der Waals surface area contributed by atoms with E-state index in [0.717, 1.165) is 18.1 Å². The first kappa shape index (κ1) is 14.0. The molecule has 0 radical (unpaired) electrons. The maximum atomic E-state index is 11.0. The van der Waals surface area contributed by atoms with Gasteiger partial charge in [0.05, 0.1) is 12.2 Å². The van der Waals surface area contributed by atoms with Gasteiger partial charge in [0.15, 0.2) is 0 Å². The van der Waals surface area contributed by atoms with Crippen LogP contribution in [0.1, 0.15) is 44.8 Å². The number of fused-ring (bicyclic) bond motifs is 1. The predicted molar refractivity (Wildman–Crippen MR) is 83.2 cm³/mol. The molecule has 1 spiro atoms. The first-order chi connectivity index (χ1) is 9.95. The van der Waals surface area contributed by atoms with Gasteiger partial charge in [-0.1, -0.05) is 37.6 Å². The van der Waals surface area contributed by atoms with Crippen LogP contribution in [0.4, 0.5) is 0 Å². The number of aliphatic hydroxyl groups is 1. The zero-order valence-electron chi connectivity index (χ0n) is 12.7. The van der Waals surface area contributed by atoms with E-state index in [1.807, 2.05) is 12.1 Å². The van der Waals surface area contributed by atoms with Gasteiger partial charge in [0.2, 0.25) is 0 Å². The summed E-state index contributed by atoms with van der Waals surface area (Å²) in [6, 6.07) is 8.04. The van der Waals surface area contributed by atoms with Crippen LogP contribution in [0.15, 0.2) is 24.3 Å². The molecule has 114 valence electrons. The van der Waals surface area contributed by atoms with Crippen LogP contribution in [0.25, 0.3) is 0 Å². The van der Waals surface area contributed by atoms with Gasteiger partial charge in [-0.05, 0) is 54.2 Å². The van der Waals surface area contributed by atoms with Crippen molar-refractivity contribution in [1.82, 2.24) is 0 Å². The van der Waals surface area contributed by atoms with Gasteiger partial charge < -0.3 is 9.84 Å². The molecule has 0 amide bonds. The van der Waals surface area contributed by atoms with Crippen LogP contribution in [-0.4, -0.2) is 17.8 Å². The third-order valence-electron chi connectivity index (χ3n) is 6.63. The third-order valence-corrected chi connectivity index (χ3v) is 6.89. The van der Waals surface area contributed by atoms with Gasteiger partial charge in [0.1, 0.15) is 0 Å². The monoisotopic (exact) mass is 306 g/mol. The molecule has 5 atom stereocenters. The Kier molecular flexibility index (Phi) is 2.99. The molecule has 3 heteroatoms. The highest BCUT2D eigenvalue weighted by Gasteiger charge is 2.67. The number of halogens is 1. The summed E-state index contributed by atoms with van der Waals surface area (Å²) in [6.07, 6.45) is 3.26. The largest absolute Gasteiger partial charge is 0.392 e. The van der Waals surface area contributed by atoms with Crippen LogP contribution >= 0.6 is 11.6 Å². The molecule has 3 fully saturated rings. The second-order valence-electron chi connectivity index (χ2n) is 7.79. The van der Waals surface area contributed by atoms with Crippen molar-refractivity contribution in [3.05, 3.63) is 34.9 Å². The smallest absolute Gasteiger partial charge is 0.0859 e. The fraction of sp³-hybridized carbons (Fsp3) is 0.667. The fourth-order valence-corrected chi connectivity index (χ4v) is 5.53. The zero-order chi connectivity index (χ0) is 14.8. The Labute approximate surface area is 131 Å². The maximum absolute atomic E-state index is 11.0. The lowest BCUT2D eigenvalue weighted by Gasteiger charge is -2.51. The molecular formula is C18H23ClO2. The Morgan fingerprint density at radius 3 is 2.62 bits per heavy atom. The van der Waals surface area contributed by atoms with E-state index in [4.69, 9.17) is 16.3 Å². The molecule has 1 saturated heterocycles. The average molecular weight is 307 g/mol. The SMILES string of the molecule is CC1(C)[C@@H]2C[C@@H]3[C@@H](c4ccc(Cl)cc4)OCCC3(C2)[C@H]1O. The van der Waals surface area contributed by atoms with Gasteiger partial charge in [-0.3, -0.25) is 0 Å². The Bertz CT molecular complexity index is 553. The first-order valence-electron chi connectivity index (χ1n) is 8.00. The Hall–Kier alpha value is -0.570. The molecule has 2 aliphatic carbocycles. The number of rotatable bonds is 1. The minimum absolute atomic E-state index is 0.0540. The summed E-state index contributed by atoms with van der Waals surface area (Å²) in [4.78, 5) is 0. The van der Waals surface area contributed by atoms with E-state index in [-0.39, 0.29) is 23.0 Å². The minimum atomic E-state index is -0.201. The molecule has 0 aromatic heterocycles. The summed E-state index contributed by atoms with van der Waals surface area (Å²) >= 11 is 6.00. The summed E-state index contributed by atoms with van der Waals surface area (Å²) in [5.74, 6) is 1.06. The highest BCUT2D eigenvalue weighted by atomic mass is 35.5. The summed E-state index contributed by atoms with van der Waals surface area (Å²) in [5, 5.41) is 11.7. The van der Waals surface area contributed by atoms with Crippen molar-refractivity contribution in [3.8, 4) is 0 Å². The lowest BCUT2D eigenvalue weighted by molar-refractivity contribution is -0.164. The van der Waals surface area contributed by atoms with Crippen molar-refractivity contribution in [2.45, 2.75) is 45.3 Å². The number of aliphatic hydroxyl groups excluding tert-OH is 1. The van der Waals surface area contributed by atoms with Crippen molar-refractivity contribution < 1.29 is 9.84 Å². The van der Waals surface area contributed by atoms with Crippen molar-refractivity contribution in [1.29, 1.82) is 0 Å².